The molecule has 40 heavy (non-hydrogen) atoms. The Hall–Kier alpha value is -3.36. The lowest BCUT2D eigenvalue weighted by atomic mass is 9.96. The number of hydrogen-bond donors (Lipinski definition) is 0. The summed E-state index contributed by atoms with van der Waals surface area (Å²) in [6, 6.07) is 4.23. The molecule has 1 heterocycles. The van der Waals surface area contributed by atoms with Crippen LogP contribution in [-0.2, 0) is 43.4 Å². The monoisotopic (exact) mass is 581 g/mol. The maximum atomic E-state index is 13.6. The van der Waals surface area contributed by atoms with Crippen LogP contribution in [0.3, 0.4) is 0 Å². The molecule has 15 heteroatoms. The van der Waals surface area contributed by atoms with Gasteiger partial charge in [-0.3, -0.25) is 0 Å². The van der Waals surface area contributed by atoms with Crippen LogP contribution < -0.4 is 4.90 Å². The molecular formula is C25H24F9N5O. The molecule has 0 N–H and O–H groups in total. The fraction of sp³-hybridized carbons (Fsp3) is 0.480. The van der Waals surface area contributed by atoms with Gasteiger partial charge in [0.25, 0.3) is 5.95 Å². The third kappa shape index (κ3) is 7.04. The number of benzene rings is 2. The minimum Gasteiger partial charge on any atom is -0.374 e. The molecule has 1 aliphatic rings. The average molecular weight is 581 g/mol. The highest BCUT2D eigenvalue weighted by Crippen LogP contribution is 2.45. The third-order valence-corrected chi connectivity index (χ3v) is 6.34. The van der Waals surface area contributed by atoms with E-state index in [1.807, 2.05) is 0 Å². The molecule has 0 aliphatic heterocycles. The second-order valence-corrected chi connectivity index (χ2v) is 9.47. The Balaban J connectivity index is 1.81. The predicted molar refractivity (Wildman–Crippen MR) is 124 cm³/mol. The zero-order valence-corrected chi connectivity index (χ0v) is 21.2. The molecular weight excluding hydrogens is 557 g/mol. The Kier molecular flexibility index (Phi) is 8.07. The number of nitrogens with zero attached hydrogens (tertiary/aromatic N) is 5. The van der Waals surface area contributed by atoms with Gasteiger partial charge in [0.2, 0.25) is 0 Å². The van der Waals surface area contributed by atoms with E-state index in [2.05, 4.69) is 15.4 Å². The number of hydrogen-bond acceptors (Lipinski definition) is 5. The summed E-state index contributed by atoms with van der Waals surface area (Å²) in [5.41, 5.74) is -3.85. The van der Waals surface area contributed by atoms with Gasteiger partial charge >= 0.3 is 18.5 Å². The topological polar surface area (TPSA) is 56.1 Å². The quantitative estimate of drug-likeness (QED) is 0.256. The highest BCUT2D eigenvalue weighted by Gasteiger charge is 2.38. The lowest BCUT2D eigenvalue weighted by Gasteiger charge is -2.27. The van der Waals surface area contributed by atoms with E-state index in [4.69, 9.17) is 4.74 Å². The van der Waals surface area contributed by atoms with Gasteiger partial charge in [-0.2, -0.15) is 44.3 Å². The molecule has 218 valence electrons. The van der Waals surface area contributed by atoms with Gasteiger partial charge in [0.05, 0.1) is 29.8 Å². The van der Waals surface area contributed by atoms with Crippen molar-refractivity contribution in [2.75, 3.05) is 11.5 Å². The number of halogens is 9. The molecule has 6 nitrogen and oxygen atoms in total. The van der Waals surface area contributed by atoms with E-state index in [9.17, 15) is 39.5 Å². The summed E-state index contributed by atoms with van der Waals surface area (Å²) in [6.45, 7) is 1.05. The molecule has 1 unspecified atom stereocenters. The number of rotatable bonds is 9. The van der Waals surface area contributed by atoms with Crippen LogP contribution in [0.5, 0.6) is 0 Å². The van der Waals surface area contributed by atoms with Crippen molar-refractivity contribution in [3.05, 3.63) is 69.8 Å². The van der Waals surface area contributed by atoms with Crippen LogP contribution in [0.2, 0.25) is 0 Å². The maximum absolute atomic E-state index is 13.6. The molecule has 1 atom stereocenters. The van der Waals surface area contributed by atoms with Gasteiger partial charge in [-0.15, -0.1) is 5.10 Å². The van der Waals surface area contributed by atoms with Gasteiger partial charge < -0.3 is 9.64 Å². The van der Waals surface area contributed by atoms with E-state index in [-0.39, 0.29) is 36.6 Å². The second-order valence-electron chi connectivity index (χ2n) is 9.47. The van der Waals surface area contributed by atoms with Crippen LogP contribution in [0.25, 0.3) is 0 Å². The standard InChI is InChI=1S/C25H24F9N5O/c1-3-40-21(15-4-5-15)20-7-6-17(23(26,27)28)10-16(20)13-39(22-35-37-38(2)36-22)12-14-8-18(24(29,30)31)11-19(9-14)25(32,33)34/h6-11,15,21H,3-5,12-13H2,1-2H3. The third-order valence-electron chi connectivity index (χ3n) is 6.34. The van der Waals surface area contributed by atoms with Crippen molar-refractivity contribution in [1.82, 2.24) is 20.2 Å². The maximum Gasteiger partial charge on any atom is 0.416 e. The second kappa shape index (κ2) is 10.9. The zero-order valence-electron chi connectivity index (χ0n) is 21.2. The fourth-order valence-corrected chi connectivity index (χ4v) is 4.39. The predicted octanol–water partition coefficient (Wildman–Crippen LogP) is 6.96. The Morgan fingerprint density at radius 3 is 1.95 bits per heavy atom. The average Bonchev–Trinajstić information content (AvgIpc) is 3.60. The SMILES string of the molecule is CCOC(c1ccc(C(F)(F)F)cc1CN(Cc1cc(C(F)(F)F)cc(C(F)(F)F)c1)c1nnn(C)n1)C1CC1. The minimum absolute atomic E-state index is 0.00163. The van der Waals surface area contributed by atoms with E-state index in [0.717, 1.165) is 29.8 Å². The summed E-state index contributed by atoms with van der Waals surface area (Å²) >= 11 is 0. The molecule has 4 rings (SSSR count). The fourth-order valence-electron chi connectivity index (χ4n) is 4.39. The smallest absolute Gasteiger partial charge is 0.374 e. The van der Waals surface area contributed by atoms with Crippen LogP contribution in [-0.4, -0.2) is 26.8 Å². The summed E-state index contributed by atoms with van der Waals surface area (Å²) in [5.74, 6) is -0.132. The first-order valence-corrected chi connectivity index (χ1v) is 12.1. The molecule has 0 radical (unpaired) electrons. The molecule has 1 aliphatic carbocycles. The van der Waals surface area contributed by atoms with E-state index in [1.54, 1.807) is 6.92 Å². The number of tetrazole rings is 1. The Morgan fingerprint density at radius 1 is 0.875 bits per heavy atom. The van der Waals surface area contributed by atoms with Crippen molar-refractivity contribution >= 4 is 5.95 Å². The molecule has 2 aromatic carbocycles. The van der Waals surface area contributed by atoms with Crippen LogP contribution in [0.1, 0.15) is 59.3 Å². The highest BCUT2D eigenvalue weighted by molar-refractivity contribution is 5.42. The van der Waals surface area contributed by atoms with Crippen molar-refractivity contribution in [2.24, 2.45) is 13.0 Å². The van der Waals surface area contributed by atoms with Crippen LogP contribution in [0, 0.1) is 5.92 Å². The molecule has 1 fully saturated rings. The van der Waals surface area contributed by atoms with Gasteiger partial charge in [-0.1, -0.05) is 11.2 Å². The van der Waals surface area contributed by atoms with Gasteiger partial charge in [-0.05, 0) is 77.9 Å². The molecule has 1 aromatic heterocycles. The largest absolute Gasteiger partial charge is 0.416 e. The van der Waals surface area contributed by atoms with E-state index in [1.165, 1.54) is 18.0 Å². The number of aromatic nitrogens is 4. The van der Waals surface area contributed by atoms with Gasteiger partial charge in [0.1, 0.15) is 0 Å². The van der Waals surface area contributed by atoms with Gasteiger partial charge in [0, 0.05) is 19.7 Å². The van der Waals surface area contributed by atoms with E-state index < -0.39 is 53.4 Å². The summed E-state index contributed by atoms with van der Waals surface area (Å²) in [6.07, 6.45) is -13.8. The number of aryl methyl sites for hydroxylation is 1. The van der Waals surface area contributed by atoms with Crippen molar-refractivity contribution < 1.29 is 44.3 Å². The lowest BCUT2D eigenvalue weighted by molar-refractivity contribution is -0.143. The first-order chi connectivity index (χ1) is 18.6. The molecule has 1 saturated carbocycles. The highest BCUT2D eigenvalue weighted by atomic mass is 19.4. The van der Waals surface area contributed by atoms with Crippen molar-refractivity contribution in [3.63, 3.8) is 0 Å². The van der Waals surface area contributed by atoms with E-state index >= 15 is 0 Å². The lowest BCUT2D eigenvalue weighted by Crippen LogP contribution is -2.26. The summed E-state index contributed by atoms with van der Waals surface area (Å²) < 4.78 is 128. The number of ether oxygens (including phenoxy) is 1. The number of anilines is 1. The Morgan fingerprint density at radius 2 is 1.48 bits per heavy atom. The number of alkyl halides is 9. The zero-order chi connectivity index (χ0) is 29.5. The van der Waals surface area contributed by atoms with Crippen molar-refractivity contribution in [3.8, 4) is 0 Å². The van der Waals surface area contributed by atoms with Gasteiger partial charge in [-0.25, -0.2) is 0 Å². The molecule has 3 aromatic rings. The van der Waals surface area contributed by atoms with Crippen molar-refractivity contribution in [1.29, 1.82) is 0 Å². The van der Waals surface area contributed by atoms with Crippen LogP contribution in [0.4, 0.5) is 45.5 Å². The summed E-state index contributed by atoms with van der Waals surface area (Å²) in [4.78, 5) is 2.19. The van der Waals surface area contributed by atoms with Crippen molar-refractivity contribution in [2.45, 2.75) is 57.5 Å². The minimum atomic E-state index is -5.07. The first kappa shape index (κ1) is 29.6. The van der Waals surface area contributed by atoms with Crippen LogP contribution in [0.15, 0.2) is 36.4 Å². The van der Waals surface area contributed by atoms with Crippen LogP contribution >= 0.6 is 0 Å². The normalized spacial score (nSPS) is 15.4. The molecule has 0 saturated heterocycles. The summed E-state index contributed by atoms with van der Waals surface area (Å²) in [5, 5.41) is 11.5. The Labute approximate surface area is 222 Å². The van der Waals surface area contributed by atoms with E-state index in [0.29, 0.717) is 17.7 Å². The Bertz CT molecular complexity index is 1300. The summed E-state index contributed by atoms with van der Waals surface area (Å²) in [7, 11) is 1.38. The molecule has 0 spiro atoms. The van der Waals surface area contributed by atoms with Gasteiger partial charge in [0.15, 0.2) is 0 Å². The first-order valence-electron chi connectivity index (χ1n) is 12.1. The molecule has 0 bridgehead atoms. The molecule has 0 amide bonds.